The minimum atomic E-state index is -0.529. The minimum Gasteiger partial charge on any atom is -0.492 e. The van der Waals surface area contributed by atoms with Gasteiger partial charge in [-0.2, -0.15) is 0 Å². The van der Waals surface area contributed by atoms with Crippen LogP contribution in [0.2, 0.25) is 5.02 Å². The van der Waals surface area contributed by atoms with E-state index >= 15 is 0 Å². The quantitative estimate of drug-likeness (QED) is 0.273. The zero-order valence-corrected chi connectivity index (χ0v) is 24.6. The summed E-state index contributed by atoms with van der Waals surface area (Å²) >= 11 is 7.36. The lowest BCUT2D eigenvalue weighted by Gasteiger charge is -2.29. The third-order valence-electron chi connectivity index (χ3n) is 6.64. The number of benzene rings is 2. The smallest absolute Gasteiger partial charge is 0.266 e. The van der Waals surface area contributed by atoms with Crippen LogP contribution in [0.15, 0.2) is 64.3 Å². The van der Waals surface area contributed by atoms with Crippen LogP contribution in [0, 0.1) is 5.82 Å². The predicted molar refractivity (Wildman–Crippen MR) is 163 cm³/mol. The molecule has 2 aromatic carbocycles. The van der Waals surface area contributed by atoms with Crippen LogP contribution in [0.1, 0.15) is 36.8 Å². The summed E-state index contributed by atoms with van der Waals surface area (Å²) in [5.41, 5.74) is 3.12. The Balaban J connectivity index is 1.80. The van der Waals surface area contributed by atoms with Crippen molar-refractivity contribution in [2.24, 2.45) is 0 Å². The van der Waals surface area contributed by atoms with Crippen molar-refractivity contribution in [2.75, 3.05) is 32.8 Å². The van der Waals surface area contributed by atoms with Crippen molar-refractivity contribution in [3.8, 4) is 33.3 Å². The molecule has 1 aliphatic heterocycles. The number of piperazine rings is 1. The lowest BCUT2D eigenvalue weighted by Crippen LogP contribution is -2.47. The van der Waals surface area contributed by atoms with E-state index in [0.717, 1.165) is 11.1 Å². The van der Waals surface area contributed by atoms with Gasteiger partial charge in [-0.3, -0.25) is 14.2 Å². The molecule has 7 nitrogen and oxygen atoms in total. The van der Waals surface area contributed by atoms with Crippen molar-refractivity contribution in [3.05, 3.63) is 91.9 Å². The van der Waals surface area contributed by atoms with E-state index in [-0.39, 0.29) is 17.2 Å². The molecule has 0 aliphatic carbocycles. The van der Waals surface area contributed by atoms with E-state index in [2.05, 4.69) is 5.32 Å². The number of thiazole rings is 1. The fourth-order valence-corrected chi connectivity index (χ4v) is 5.70. The van der Waals surface area contributed by atoms with E-state index in [4.69, 9.17) is 21.3 Å². The summed E-state index contributed by atoms with van der Waals surface area (Å²) in [6.07, 6.45) is 1.78. The Bertz CT molecular complexity index is 1670. The van der Waals surface area contributed by atoms with E-state index in [1.165, 1.54) is 34.1 Å². The van der Waals surface area contributed by atoms with Crippen molar-refractivity contribution >= 4 is 34.9 Å². The maximum atomic E-state index is 14.7. The molecule has 0 unspecified atom stereocenters. The molecule has 1 saturated heterocycles. The van der Waals surface area contributed by atoms with E-state index in [9.17, 15) is 14.0 Å². The number of ether oxygens (including phenoxy) is 1. The van der Waals surface area contributed by atoms with Crippen LogP contribution in [-0.2, 0) is 0 Å². The number of hydrogen-bond donors (Lipinski definition) is 1. The molecule has 41 heavy (non-hydrogen) atoms. The molecule has 0 spiro atoms. The second kappa shape index (κ2) is 12.4. The third kappa shape index (κ3) is 6.12. The molecule has 4 aromatic rings. The number of halogens is 2. The number of nitrogens with zero attached hydrogens (tertiary/aromatic N) is 3. The fraction of sp³-hybridized carbons (Fsp3) is 0.258. The Morgan fingerprint density at radius 3 is 2.56 bits per heavy atom. The maximum absolute atomic E-state index is 14.7. The van der Waals surface area contributed by atoms with E-state index in [0.29, 0.717) is 65.5 Å². The van der Waals surface area contributed by atoms with Crippen LogP contribution in [-0.4, -0.2) is 53.1 Å². The van der Waals surface area contributed by atoms with Crippen LogP contribution in [0.3, 0.4) is 0 Å². The Kier molecular flexibility index (Phi) is 8.68. The number of carbonyl (C=O) groups is 1. The Morgan fingerprint density at radius 1 is 1.15 bits per heavy atom. The number of amides is 1. The molecule has 0 radical (unpaired) electrons. The van der Waals surface area contributed by atoms with Gasteiger partial charge >= 0.3 is 0 Å². The Labute approximate surface area is 246 Å². The molecule has 5 rings (SSSR count). The summed E-state index contributed by atoms with van der Waals surface area (Å²) in [4.78, 5) is 34.9. The number of aromatic nitrogens is 2. The second-order valence-corrected chi connectivity index (χ2v) is 11.1. The van der Waals surface area contributed by atoms with Gasteiger partial charge in [0.15, 0.2) is 0 Å². The topological polar surface area (TPSA) is 76.5 Å². The summed E-state index contributed by atoms with van der Waals surface area (Å²) in [7, 11) is 0. The standard InChI is InChI=1S/C31H30ClFN4O3S/c1-4-40-28-10-9-22(33)16-27(28)37-26(15-19(2)3)23(30(38)36-13-11-34-12-14-36)17-24(31(37)39)29-35-25(18-41-29)20-5-7-21(32)8-6-20/h5-10,15-18,34H,4,11-14H2,1-3H3. The molecular weight excluding hydrogens is 563 g/mol. The lowest BCUT2D eigenvalue weighted by atomic mass is 10.0. The first-order valence-corrected chi connectivity index (χ1v) is 14.6. The first-order chi connectivity index (χ1) is 19.8. The molecule has 0 saturated carbocycles. The largest absolute Gasteiger partial charge is 0.492 e. The lowest BCUT2D eigenvalue weighted by molar-refractivity contribution is 0.0735. The molecular formula is C31H30ClFN4O3S. The fourth-order valence-electron chi connectivity index (χ4n) is 4.74. The molecule has 0 bridgehead atoms. The highest BCUT2D eigenvalue weighted by atomic mass is 35.5. The molecule has 1 aliphatic rings. The molecule has 1 fully saturated rings. The maximum Gasteiger partial charge on any atom is 0.266 e. The third-order valence-corrected chi connectivity index (χ3v) is 7.76. The average molecular weight is 593 g/mol. The van der Waals surface area contributed by atoms with Crippen LogP contribution in [0.25, 0.3) is 33.6 Å². The number of hydrogen-bond acceptors (Lipinski definition) is 6. The molecule has 2 aromatic heterocycles. The molecule has 3 heterocycles. The van der Waals surface area contributed by atoms with Crippen molar-refractivity contribution < 1.29 is 13.9 Å². The van der Waals surface area contributed by atoms with Gasteiger partial charge in [0.2, 0.25) is 0 Å². The van der Waals surface area contributed by atoms with Crippen LogP contribution >= 0.6 is 22.9 Å². The van der Waals surface area contributed by atoms with Gasteiger partial charge in [0.05, 0.1) is 34.8 Å². The number of rotatable bonds is 7. The molecule has 212 valence electrons. The summed E-state index contributed by atoms with van der Waals surface area (Å²) in [6, 6.07) is 13.0. The van der Waals surface area contributed by atoms with Crippen LogP contribution in [0.5, 0.6) is 5.75 Å². The van der Waals surface area contributed by atoms with Gasteiger partial charge in [-0.25, -0.2) is 9.37 Å². The summed E-state index contributed by atoms with van der Waals surface area (Å²) in [5.74, 6) is -0.408. The highest BCUT2D eigenvalue weighted by Crippen LogP contribution is 2.32. The van der Waals surface area contributed by atoms with Gasteiger partial charge in [0, 0.05) is 48.2 Å². The molecule has 10 heteroatoms. The van der Waals surface area contributed by atoms with E-state index in [1.54, 1.807) is 29.2 Å². The molecule has 1 amide bonds. The van der Waals surface area contributed by atoms with Crippen molar-refractivity contribution in [1.82, 2.24) is 19.8 Å². The molecule has 0 atom stereocenters. The Morgan fingerprint density at radius 2 is 1.88 bits per heavy atom. The van der Waals surface area contributed by atoms with Gasteiger partial charge in [0.1, 0.15) is 16.6 Å². The van der Waals surface area contributed by atoms with Crippen molar-refractivity contribution in [1.29, 1.82) is 0 Å². The number of allylic oxidation sites excluding steroid dienone is 1. The number of pyridine rings is 1. The van der Waals surface area contributed by atoms with E-state index in [1.807, 2.05) is 38.3 Å². The predicted octanol–water partition coefficient (Wildman–Crippen LogP) is 6.29. The first kappa shape index (κ1) is 28.7. The summed E-state index contributed by atoms with van der Waals surface area (Å²) < 4.78 is 21.9. The SMILES string of the molecule is CCOc1ccc(F)cc1-n1c(C=C(C)C)c(C(=O)N2CCNCC2)cc(-c2nc(-c3ccc(Cl)cc3)cs2)c1=O. The van der Waals surface area contributed by atoms with Gasteiger partial charge in [-0.05, 0) is 57.2 Å². The number of carbonyl (C=O) groups excluding carboxylic acids is 1. The van der Waals surface area contributed by atoms with Gasteiger partial charge in [-0.1, -0.05) is 29.3 Å². The van der Waals surface area contributed by atoms with Crippen LogP contribution < -0.4 is 15.6 Å². The summed E-state index contributed by atoms with van der Waals surface area (Å²) in [5, 5.41) is 6.18. The molecule has 1 N–H and O–H groups in total. The zero-order valence-electron chi connectivity index (χ0n) is 23.0. The van der Waals surface area contributed by atoms with Gasteiger partial charge < -0.3 is 15.0 Å². The highest BCUT2D eigenvalue weighted by Gasteiger charge is 2.27. The Hall–Kier alpha value is -3.79. The van der Waals surface area contributed by atoms with Crippen molar-refractivity contribution in [2.45, 2.75) is 20.8 Å². The average Bonchev–Trinajstić information content (AvgIpc) is 3.45. The van der Waals surface area contributed by atoms with E-state index < -0.39 is 11.4 Å². The van der Waals surface area contributed by atoms with Gasteiger partial charge in [-0.15, -0.1) is 11.3 Å². The van der Waals surface area contributed by atoms with Crippen molar-refractivity contribution in [3.63, 3.8) is 0 Å². The normalized spacial score (nSPS) is 13.2. The second-order valence-electron chi connectivity index (χ2n) is 9.85. The summed E-state index contributed by atoms with van der Waals surface area (Å²) in [6.45, 7) is 8.31. The highest BCUT2D eigenvalue weighted by molar-refractivity contribution is 7.13. The van der Waals surface area contributed by atoms with Crippen LogP contribution in [0.4, 0.5) is 4.39 Å². The first-order valence-electron chi connectivity index (χ1n) is 13.4. The minimum absolute atomic E-state index is 0.210. The van der Waals surface area contributed by atoms with Gasteiger partial charge in [0.25, 0.3) is 11.5 Å². The number of nitrogens with one attached hydrogen (secondary N) is 1. The zero-order chi connectivity index (χ0) is 29.1. The monoisotopic (exact) mass is 592 g/mol.